The van der Waals surface area contributed by atoms with Gasteiger partial charge in [-0.15, -0.1) is 0 Å². The SMILES string of the molecule is CC1(C)Cc2nc(-c3ccccc3)nc(SCC(=O)Nc3ccccn3)c2CO1. The van der Waals surface area contributed by atoms with Crippen molar-refractivity contribution >= 4 is 23.5 Å². The van der Waals surface area contributed by atoms with Gasteiger partial charge >= 0.3 is 0 Å². The molecule has 29 heavy (non-hydrogen) atoms. The van der Waals surface area contributed by atoms with Gasteiger partial charge in [0.2, 0.25) is 5.91 Å². The molecule has 4 rings (SSSR count). The van der Waals surface area contributed by atoms with Crippen molar-refractivity contribution in [3.05, 3.63) is 66.0 Å². The highest BCUT2D eigenvalue weighted by Gasteiger charge is 2.30. The summed E-state index contributed by atoms with van der Waals surface area (Å²) in [6, 6.07) is 15.3. The molecule has 0 saturated heterocycles. The second kappa shape index (κ2) is 8.31. The number of rotatable bonds is 5. The van der Waals surface area contributed by atoms with Crippen LogP contribution in [0.1, 0.15) is 25.1 Å². The molecule has 1 N–H and O–H groups in total. The van der Waals surface area contributed by atoms with Gasteiger partial charge in [0.05, 0.1) is 23.7 Å². The molecule has 3 aromatic rings. The predicted octanol–water partition coefficient (Wildman–Crippen LogP) is 4.12. The first-order valence-corrected chi connectivity index (χ1v) is 10.4. The Labute approximate surface area is 174 Å². The third-order valence-electron chi connectivity index (χ3n) is 4.56. The van der Waals surface area contributed by atoms with Crippen molar-refractivity contribution in [1.29, 1.82) is 0 Å². The molecular formula is C22H22N4O2S. The minimum absolute atomic E-state index is 0.126. The molecule has 0 aliphatic carbocycles. The summed E-state index contributed by atoms with van der Waals surface area (Å²) in [4.78, 5) is 26.1. The molecule has 7 heteroatoms. The number of amides is 1. The highest BCUT2D eigenvalue weighted by Crippen LogP contribution is 2.34. The predicted molar refractivity (Wildman–Crippen MR) is 114 cm³/mol. The number of hydrogen-bond donors (Lipinski definition) is 1. The van der Waals surface area contributed by atoms with Crippen LogP contribution in [0.4, 0.5) is 5.82 Å². The van der Waals surface area contributed by atoms with Gasteiger partial charge in [-0.25, -0.2) is 15.0 Å². The monoisotopic (exact) mass is 406 g/mol. The van der Waals surface area contributed by atoms with E-state index < -0.39 is 0 Å². The van der Waals surface area contributed by atoms with Crippen molar-refractivity contribution in [1.82, 2.24) is 15.0 Å². The van der Waals surface area contributed by atoms with Gasteiger partial charge in [-0.2, -0.15) is 0 Å². The molecule has 0 spiro atoms. The van der Waals surface area contributed by atoms with Crippen LogP contribution in [0.25, 0.3) is 11.4 Å². The molecule has 1 aromatic carbocycles. The number of thioether (sulfide) groups is 1. The van der Waals surface area contributed by atoms with E-state index in [4.69, 9.17) is 14.7 Å². The van der Waals surface area contributed by atoms with Crippen molar-refractivity contribution in [3.63, 3.8) is 0 Å². The molecule has 0 fully saturated rings. The summed E-state index contributed by atoms with van der Waals surface area (Å²) >= 11 is 1.40. The maximum atomic E-state index is 12.4. The second-order valence-corrected chi connectivity index (χ2v) is 8.38. The number of nitrogens with zero attached hydrogens (tertiary/aromatic N) is 3. The molecule has 0 saturated carbocycles. The molecule has 0 unspecified atom stereocenters. The maximum absolute atomic E-state index is 12.4. The first-order valence-electron chi connectivity index (χ1n) is 9.43. The van der Waals surface area contributed by atoms with Gasteiger partial charge in [-0.1, -0.05) is 48.2 Å². The quantitative estimate of drug-likeness (QED) is 0.507. The van der Waals surface area contributed by atoms with E-state index in [1.807, 2.05) is 42.5 Å². The third-order valence-corrected chi connectivity index (χ3v) is 5.58. The lowest BCUT2D eigenvalue weighted by atomic mass is 9.96. The van der Waals surface area contributed by atoms with Crippen LogP contribution >= 0.6 is 11.8 Å². The van der Waals surface area contributed by atoms with E-state index in [0.29, 0.717) is 24.7 Å². The molecule has 0 bridgehead atoms. The Morgan fingerprint density at radius 1 is 1.14 bits per heavy atom. The smallest absolute Gasteiger partial charge is 0.235 e. The lowest BCUT2D eigenvalue weighted by molar-refractivity contribution is -0.113. The summed E-state index contributed by atoms with van der Waals surface area (Å²) in [5.41, 5.74) is 2.65. The van der Waals surface area contributed by atoms with E-state index in [1.54, 1.807) is 12.3 Å². The van der Waals surface area contributed by atoms with Gasteiger partial charge in [-0.05, 0) is 26.0 Å². The summed E-state index contributed by atoms with van der Waals surface area (Å²) in [6.07, 6.45) is 2.35. The molecule has 1 amide bonds. The zero-order valence-electron chi connectivity index (χ0n) is 16.4. The normalized spacial score (nSPS) is 14.8. The Bertz CT molecular complexity index is 1010. The molecule has 148 valence electrons. The van der Waals surface area contributed by atoms with Crippen molar-refractivity contribution < 1.29 is 9.53 Å². The van der Waals surface area contributed by atoms with Crippen LogP contribution in [-0.4, -0.2) is 32.2 Å². The molecule has 0 radical (unpaired) electrons. The Kier molecular flexibility index (Phi) is 5.60. The fraction of sp³-hybridized carbons (Fsp3) is 0.273. The number of nitrogens with one attached hydrogen (secondary N) is 1. The first-order chi connectivity index (χ1) is 14.0. The number of carbonyl (C=O) groups is 1. The largest absolute Gasteiger partial charge is 0.370 e. The highest BCUT2D eigenvalue weighted by molar-refractivity contribution is 8.00. The fourth-order valence-electron chi connectivity index (χ4n) is 3.11. The van der Waals surface area contributed by atoms with Crippen molar-refractivity contribution in [2.75, 3.05) is 11.1 Å². The number of fused-ring (bicyclic) bond motifs is 1. The molecule has 0 atom stereocenters. The molecule has 2 aromatic heterocycles. The molecule has 1 aliphatic heterocycles. The average molecular weight is 407 g/mol. The summed E-state index contributed by atoms with van der Waals surface area (Å²) in [5.74, 6) is 1.32. The standard InChI is InChI=1S/C22H22N4O2S/c1-22(2)12-17-16(13-28-22)21(26-20(24-17)15-8-4-3-5-9-15)29-14-19(27)25-18-10-6-7-11-23-18/h3-11H,12-14H2,1-2H3,(H,23,25,27). The van der Waals surface area contributed by atoms with Crippen molar-refractivity contribution in [3.8, 4) is 11.4 Å². The molecule has 6 nitrogen and oxygen atoms in total. The second-order valence-electron chi connectivity index (χ2n) is 7.42. The lowest BCUT2D eigenvalue weighted by Gasteiger charge is -2.32. The average Bonchev–Trinajstić information content (AvgIpc) is 2.72. The Morgan fingerprint density at radius 2 is 1.93 bits per heavy atom. The number of pyridine rings is 1. The molecule has 1 aliphatic rings. The van der Waals surface area contributed by atoms with Gasteiger partial charge in [0.15, 0.2) is 5.82 Å². The Morgan fingerprint density at radius 3 is 2.69 bits per heavy atom. The Hall–Kier alpha value is -2.77. The van der Waals surface area contributed by atoms with Gasteiger partial charge in [0.1, 0.15) is 10.8 Å². The molecular weight excluding hydrogens is 384 g/mol. The summed E-state index contributed by atoms with van der Waals surface area (Å²) < 4.78 is 5.98. The minimum Gasteiger partial charge on any atom is -0.370 e. The first kappa shape index (κ1) is 19.5. The number of ether oxygens (including phenoxy) is 1. The summed E-state index contributed by atoms with van der Waals surface area (Å²) in [5, 5.41) is 3.60. The van der Waals surface area contributed by atoms with Gasteiger partial charge < -0.3 is 10.1 Å². The van der Waals surface area contributed by atoms with Crippen molar-refractivity contribution in [2.45, 2.75) is 37.5 Å². The summed E-state index contributed by atoms with van der Waals surface area (Å²) in [7, 11) is 0. The molecule has 3 heterocycles. The van der Waals surface area contributed by atoms with Gasteiger partial charge in [-0.3, -0.25) is 4.79 Å². The van der Waals surface area contributed by atoms with Crippen LogP contribution in [0.5, 0.6) is 0 Å². The number of aromatic nitrogens is 3. The minimum atomic E-state index is -0.270. The van der Waals surface area contributed by atoms with Crippen LogP contribution in [0.3, 0.4) is 0 Å². The number of hydrogen-bond acceptors (Lipinski definition) is 6. The van der Waals surface area contributed by atoms with Crippen LogP contribution in [-0.2, 0) is 22.6 Å². The zero-order valence-corrected chi connectivity index (χ0v) is 17.2. The maximum Gasteiger partial charge on any atom is 0.235 e. The Balaban J connectivity index is 1.59. The van der Waals surface area contributed by atoms with Crippen LogP contribution in [0.2, 0.25) is 0 Å². The van der Waals surface area contributed by atoms with E-state index in [0.717, 1.165) is 21.8 Å². The summed E-state index contributed by atoms with van der Waals surface area (Å²) in [6.45, 7) is 4.57. The lowest BCUT2D eigenvalue weighted by Crippen LogP contribution is -2.33. The third kappa shape index (κ3) is 4.81. The van der Waals surface area contributed by atoms with E-state index >= 15 is 0 Å². The van der Waals surface area contributed by atoms with E-state index in [2.05, 4.69) is 24.1 Å². The number of benzene rings is 1. The number of anilines is 1. The highest BCUT2D eigenvalue weighted by atomic mass is 32.2. The van der Waals surface area contributed by atoms with Gasteiger partial charge in [0.25, 0.3) is 0 Å². The van der Waals surface area contributed by atoms with Crippen molar-refractivity contribution in [2.24, 2.45) is 0 Å². The van der Waals surface area contributed by atoms with E-state index in [-0.39, 0.29) is 17.3 Å². The van der Waals surface area contributed by atoms with Gasteiger partial charge in [0, 0.05) is 23.7 Å². The fourth-order valence-corrected chi connectivity index (χ4v) is 3.95. The van der Waals surface area contributed by atoms with E-state index in [9.17, 15) is 4.79 Å². The van der Waals surface area contributed by atoms with Crippen LogP contribution in [0, 0.1) is 0 Å². The number of carbonyl (C=O) groups excluding carboxylic acids is 1. The van der Waals surface area contributed by atoms with Crippen LogP contribution in [0.15, 0.2) is 59.8 Å². The van der Waals surface area contributed by atoms with Crippen LogP contribution < -0.4 is 5.32 Å². The van der Waals surface area contributed by atoms with E-state index in [1.165, 1.54) is 11.8 Å². The topological polar surface area (TPSA) is 77.0 Å². The zero-order chi connectivity index (χ0) is 20.3.